The minimum Gasteiger partial charge on any atom is -0.501 e. The highest BCUT2D eigenvalue weighted by Crippen LogP contribution is 2.18. The molecule has 0 spiro atoms. The molecule has 1 aromatic rings. The Morgan fingerprint density at radius 1 is 1.38 bits per heavy atom. The summed E-state index contributed by atoms with van der Waals surface area (Å²) >= 11 is 0. The molecule has 0 N–H and O–H groups in total. The van der Waals surface area contributed by atoms with Crippen molar-refractivity contribution in [2.75, 3.05) is 13.7 Å². The van der Waals surface area contributed by atoms with Gasteiger partial charge in [-0.05, 0) is 19.1 Å². The Balaban J connectivity index is 2.55. The predicted molar refractivity (Wildman–Crippen MR) is 59.4 cm³/mol. The molecule has 0 fully saturated rings. The minimum absolute atomic E-state index is 0.436. The highest BCUT2D eigenvalue weighted by molar-refractivity contribution is 5.83. The van der Waals surface area contributed by atoms with Crippen molar-refractivity contribution in [2.24, 2.45) is 0 Å². The number of methoxy groups -OCH3 is 1. The van der Waals surface area contributed by atoms with E-state index in [0.29, 0.717) is 18.1 Å². The van der Waals surface area contributed by atoms with Crippen molar-refractivity contribution in [1.29, 1.82) is 0 Å². The Hall–Kier alpha value is -1.97. The Bertz CT molecular complexity index is 371. The first-order valence-electron chi connectivity index (χ1n) is 4.90. The molecule has 16 heavy (non-hydrogen) atoms. The minimum atomic E-state index is -0.485. The Morgan fingerprint density at radius 3 is 2.81 bits per heavy atom. The summed E-state index contributed by atoms with van der Waals surface area (Å²) in [6, 6.07) is 6.82. The first-order chi connectivity index (χ1) is 7.76. The number of hydrogen-bond acceptors (Lipinski definition) is 4. The molecule has 0 aliphatic rings. The van der Waals surface area contributed by atoms with Crippen LogP contribution in [0.2, 0.25) is 0 Å². The van der Waals surface area contributed by atoms with Crippen molar-refractivity contribution < 1.29 is 19.0 Å². The number of esters is 1. The average Bonchev–Trinajstić information content (AvgIpc) is 2.29. The van der Waals surface area contributed by atoms with Crippen LogP contribution < -0.4 is 9.47 Å². The molecule has 4 heteroatoms. The molecule has 4 nitrogen and oxygen atoms in total. The normalized spacial score (nSPS) is 10.1. The van der Waals surface area contributed by atoms with Gasteiger partial charge in [0.2, 0.25) is 0 Å². The molecule has 0 radical (unpaired) electrons. The van der Waals surface area contributed by atoms with E-state index in [4.69, 9.17) is 14.2 Å². The lowest BCUT2D eigenvalue weighted by Crippen LogP contribution is -2.04. The van der Waals surface area contributed by atoms with Gasteiger partial charge in [-0.15, -0.1) is 0 Å². The second-order valence-electron chi connectivity index (χ2n) is 2.86. The number of carbonyl (C=O) groups is 1. The lowest BCUT2D eigenvalue weighted by Gasteiger charge is -2.03. The third kappa shape index (κ3) is 4.04. The molecule has 0 unspecified atom stereocenters. The number of hydrogen-bond donors (Lipinski definition) is 0. The third-order valence-electron chi connectivity index (χ3n) is 1.73. The van der Waals surface area contributed by atoms with E-state index in [9.17, 15) is 4.79 Å². The van der Waals surface area contributed by atoms with E-state index in [2.05, 4.69) is 0 Å². The first kappa shape index (κ1) is 12.1. The molecular weight excluding hydrogens is 208 g/mol. The molecule has 0 heterocycles. The maximum Gasteiger partial charge on any atom is 0.339 e. The zero-order valence-corrected chi connectivity index (χ0v) is 9.30. The van der Waals surface area contributed by atoms with Crippen LogP contribution in [0.4, 0.5) is 0 Å². The highest BCUT2D eigenvalue weighted by atomic mass is 16.5. The monoisotopic (exact) mass is 222 g/mol. The van der Waals surface area contributed by atoms with Gasteiger partial charge in [0.25, 0.3) is 0 Å². The van der Waals surface area contributed by atoms with Gasteiger partial charge in [0.15, 0.2) is 0 Å². The summed E-state index contributed by atoms with van der Waals surface area (Å²) in [5, 5.41) is 0. The van der Waals surface area contributed by atoms with Crippen molar-refractivity contribution >= 4 is 5.97 Å². The molecule has 1 aromatic carbocycles. The van der Waals surface area contributed by atoms with Gasteiger partial charge in [-0.2, -0.15) is 0 Å². The maximum absolute atomic E-state index is 11.3. The summed E-state index contributed by atoms with van der Waals surface area (Å²) in [5.74, 6) is 0.589. The predicted octanol–water partition coefficient (Wildman–Crippen LogP) is 2.15. The van der Waals surface area contributed by atoms with E-state index in [1.165, 1.54) is 12.3 Å². The fraction of sp³-hybridized carbons (Fsp3) is 0.250. The third-order valence-corrected chi connectivity index (χ3v) is 1.73. The second kappa shape index (κ2) is 6.50. The van der Waals surface area contributed by atoms with Crippen LogP contribution in [0.25, 0.3) is 0 Å². The van der Waals surface area contributed by atoms with E-state index in [-0.39, 0.29) is 0 Å². The van der Waals surface area contributed by atoms with Gasteiger partial charge in [-0.3, -0.25) is 0 Å². The van der Waals surface area contributed by atoms with Crippen molar-refractivity contribution in [2.45, 2.75) is 6.92 Å². The van der Waals surface area contributed by atoms with Gasteiger partial charge in [-0.1, -0.05) is 6.07 Å². The van der Waals surface area contributed by atoms with Crippen LogP contribution >= 0.6 is 0 Å². The van der Waals surface area contributed by atoms with Gasteiger partial charge in [0, 0.05) is 6.07 Å². The Kier molecular flexibility index (Phi) is 4.92. The van der Waals surface area contributed by atoms with Crippen LogP contribution in [0.5, 0.6) is 11.5 Å². The molecule has 1 rings (SSSR count). The fourth-order valence-corrected chi connectivity index (χ4v) is 1.01. The zero-order chi connectivity index (χ0) is 11.8. The Morgan fingerprint density at radius 2 is 2.12 bits per heavy atom. The summed E-state index contributed by atoms with van der Waals surface area (Å²) in [6.45, 7) is 2.35. The molecule has 0 aromatic heterocycles. The SMILES string of the molecule is CCO/C=C/C(=O)Oc1cccc(OC)c1. The summed E-state index contributed by atoms with van der Waals surface area (Å²) in [6.07, 6.45) is 2.53. The van der Waals surface area contributed by atoms with Crippen LogP contribution in [0, 0.1) is 0 Å². The standard InChI is InChI=1S/C12H14O4/c1-3-15-8-7-12(13)16-11-6-4-5-10(9-11)14-2/h4-9H,3H2,1-2H3/b8-7+. The average molecular weight is 222 g/mol. The fourth-order valence-electron chi connectivity index (χ4n) is 1.01. The molecule has 0 saturated heterocycles. The van der Waals surface area contributed by atoms with Gasteiger partial charge in [0.05, 0.1) is 26.1 Å². The zero-order valence-electron chi connectivity index (χ0n) is 9.30. The van der Waals surface area contributed by atoms with Crippen LogP contribution in [0.15, 0.2) is 36.6 Å². The first-order valence-corrected chi connectivity index (χ1v) is 4.90. The summed E-state index contributed by atoms with van der Waals surface area (Å²) in [5.41, 5.74) is 0. The number of rotatable bonds is 5. The number of ether oxygens (including phenoxy) is 3. The van der Waals surface area contributed by atoms with Gasteiger partial charge < -0.3 is 14.2 Å². The van der Waals surface area contributed by atoms with Crippen LogP contribution in [-0.2, 0) is 9.53 Å². The molecule has 0 bridgehead atoms. The molecule has 86 valence electrons. The summed E-state index contributed by atoms with van der Waals surface area (Å²) in [4.78, 5) is 11.3. The van der Waals surface area contributed by atoms with E-state index in [1.807, 2.05) is 6.92 Å². The number of benzene rings is 1. The lowest BCUT2D eigenvalue weighted by molar-refractivity contribution is -0.129. The van der Waals surface area contributed by atoms with Crippen LogP contribution in [0.3, 0.4) is 0 Å². The van der Waals surface area contributed by atoms with E-state index in [1.54, 1.807) is 31.4 Å². The van der Waals surface area contributed by atoms with Crippen molar-refractivity contribution in [3.63, 3.8) is 0 Å². The number of carbonyl (C=O) groups excluding carboxylic acids is 1. The largest absolute Gasteiger partial charge is 0.501 e. The van der Waals surface area contributed by atoms with Gasteiger partial charge in [-0.25, -0.2) is 4.79 Å². The van der Waals surface area contributed by atoms with Gasteiger partial charge >= 0.3 is 5.97 Å². The molecule has 0 aliphatic heterocycles. The van der Waals surface area contributed by atoms with Crippen LogP contribution in [0.1, 0.15) is 6.92 Å². The molecular formula is C12H14O4. The topological polar surface area (TPSA) is 44.8 Å². The molecule has 0 amide bonds. The quantitative estimate of drug-likeness (QED) is 0.331. The smallest absolute Gasteiger partial charge is 0.339 e. The van der Waals surface area contributed by atoms with Crippen LogP contribution in [-0.4, -0.2) is 19.7 Å². The van der Waals surface area contributed by atoms with Gasteiger partial charge in [0.1, 0.15) is 11.5 Å². The van der Waals surface area contributed by atoms with Crippen molar-refractivity contribution in [3.8, 4) is 11.5 Å². The van der Waals surface area contributed by atoms with E-state index < -0.39 is 5.97 Å². The van der Waals surface area contributed by atoms with Crippen molar-refractivity contribution in [1.82, 2.24) is 0 Å². The molecule has 0 aliphatic carbocycles. The summed E-state index contributed by atoms with van der Waals surface area (Å²) in [7, 11) is 1.55. The Labute approximate surface area is 94.4 Å². The summed E-state index contributed by atoms with van der Waals surface area (Å²) < 4.78 is 14.9. The molecule has 0 atom stereocenters. The lowest BCUT2D eigenvalue weighted by atomic mass is 10.3. The second-order valence-corrected chi connectivity index (χ2v) is 2.86. The van der Waals surface area contributed by atoms with E-state index >= 15 is 0 Å². The van der Waals surface area contributed by atoms with E-state index in [0.717, 1.165) is 0 Å². The van der Waals surface area contributed by atoms with Crippen molar-refractivity contribution in [3.05, 3.63) is 36.6 Å². The molecule has 0 saturated carbocycles. The maximum atomic E-state index is 11.3. The highest BCUT2D eigenvalue weighted by Gasteiger charge is 2.01.